The van der Waals surface area contributed by atoms with Crippen molar-refractivity contribution >= 4 is 6.09 Å². The monoisotopic (exact) mass is 297 g/mol. The Morgan fingerprint density at radius 2 is 2.10 bits per heavy atom. The van der Waals surface area contributed by atoms with E-state index in [0.29, 0.717) is 19.7 Å². The Morgan fingerprint density at radius 1 is 1.43 bits per heavy atom. The molecule has 0 aromatic carbocycles. The number of amides is 1. The minimum atomic E-state index is -0.501. The fourth-order valence-electron chi connectivity index (χ4n) is 2.03. The fraction of sp³-hybridized carbons (Fsp3) is 0.643. The Bertz CT molecular complexity index is 487. The van der Waals surface area contributed by atoms with E-state index in [9.17, 15) is 9.18 Å². The molecule has 0 radical (unpaired) electrons. The molecule has 1 saturated heterocycles. The van der Waals surface area contributed by atoms with Crippen LogP contribution in [-0.4, -0.2) is 46.3 Å². The summed E-state index contributed by atoms with van der Waals surface area (Å²) in [6.07, 6.45) is 2.65. The average molecular weight is 297 g/mol. The molecule has 6 nitrogen and oxygen atoms in total. The average Bonchev–Trinajstić information content (AvgIpc) is 2.85. The molecule has 1 aliphatic rings. The van der Waals surface area contributed by atoms with Crippen LogP contribution in [0.1, 0.15) is 27.2 Å². The molecule has 0 unspecified atom stereocenters. The van der Waals surface area contributed by atoms with Crippen LogP contribution in [0.15, 0.2) is 12.4 Å². The van der Waals surface area contributed by atoms with Crippen molar-refractivity contribution in [1.82, 2.24) is 14.9 Å². The van der Waals surface area contributed by atoms with Crippen LogP contribution < -0.4 is 4.74 Å². The summed E-state index contributed by atoms with van der Waals surface area (Å²) in [6, 6.07) is 0.145. The summed E-state index contributed by atoms with van der Waals surface area (Å²) in [6.45, 7) is 7.14. The molecule has 0 aliphatic carbocycles. The van der Waals surface area contributed by atoms with Gasteiger partial charge in [0.25, 0.3) is 0 Å². The Hall–Kier alpha value is -1.92. The zero-order valence-corrected chi connectivity index (χ0v) is 12.5. The van der Waals surface area contributed by atoms with E-state index in [1.54, 1.807) is 4.90 Å². The molecule has 0 N–H and O–H groups in total. The van der Waals surface area contributed by atoms with E-state index in [-0.39, 0.29) is 18.0 Å². The molecule has 2 rings (SSSR count). The standard InChI is InChI=1S/C14H20FN3O3/c1-14(2,3)21-13(19)18-5-4-10(8-18)9-20-12-16-6-11(15)7-17-12/h6-7,10H,4-5,8-9H2,1-3H3/t10-/m1/s1. The number of aromatic nitrogens is 2. The number of likely N-dealkylation sites (tertiary alicyclic amines) is 1. The number of rotatable bonds is 3. The minimum Gasteiger partial charge on any atom is -0.463 e. The maximum Gasteiger partial charge on any atom is 0.410 e. The van der Waals surface area contributed by atoms with Crippen molar-refractivity contribution in [3.05, 3.63) is 18.2 Å². The molecule has 0 saturated carbocycles. The van der Waals surface area contributed by atoms with Gasteiger partial charge in [-0.1, -0.05) is 0 Å². The van der Waals surface area contributed by atoms with Crippen molar-refractivity contribution in [1.29, 1.82) is 0 Å². The lowest BCUT2D eigenvalue weighted by molar-refractivity contribution is 0.0284. The van der Waals surface area contributed by atoms with Crippen LogP contribution in [0.3, 0.4) is 0 Å². The molecule has 1 aromatic rings. The van der Waals surface area contributed by atoms with E-state index in [1.165, 1.54) is 0 Å². The predicted molar refractivity (Wildman–Crippen MR) is 73.4 cm³/mol. The smallest absolute Gasteiger partial charge is 0.410 e. The third-order valence-corrected chi connectivity index (χ3v) is 2.98. The van der Waals surface area contributed by atoms with E-state index in [4.69, 9.17) is 9.47 Å². The summed E-state index contributed by atoms with van der Waals surface area (Å²) in [5.74, 6) is -0.300. The predicted octanol–water partition coefficient (Wildman–Crippen LogP) is 2.25. The third kappa shape index (κ3) is 4.84. The van der Waals surface area contributed by atoms with Crippen LogP contribution in [0.25, 0.3) is 0 Å². The summed E-state index contributed by atoms with van der Waals surface area (Å²) in [7, 11) is 0. The van der Waals surface area contributed by atoms with Gasteiger partial charge in [0.2, 0.25) is 0 Å². The number of hydrogen-bond acceptors (Lipinski definition) is 5. The molecule has 1 aromatic heterocycles. The van der Waals surface area contributed by atoms with Gasteiger partial charge in [-0.3, -0.25) is 0 Å². The lowest BCUT2D eigenvalue weighted by atomic mass is 10.1. The summed E-state index contributed by atoms with van der Waals surface area (Å²) < 4.78 is 23.4. The lowest BCUT2D eigenvalue weighted by Crippen LogP contribution is -2.35. The van der Waals surface area contributed by atoms with E-state index in [0.717, 1.165) is 18.8 Å². The number of halogens is 1. The molecule has 116 valence electrons. The Labute approximate surface area is 123 Å². The molecular formula is C14H20FN3O3. The first-order valence-electron chi connectivity index (χ1n) is 6.92. The first-order valence-corrected chi connectivity index (χ1v) is 6.92. The Kier molecular flexibility index (Phi) is 4.59. The van der Waals surface area contributed by atoms with Crippen LogP contribution in [0.4, 0.5) is 9.18 Å². The lowest BCUT2D eigenvalue weighted by Gasteiger charge is -2.24. The molecular weight excluding hydrogens is 277 g/mol. The normalized spacial score (nSPS) is 18.7. The van der Waals surface area contributed by atoms with Gasteiger partial charge < -0.3 is 14.4 Å². The van der Waals surface area contributed by atoms with Gasteiger partial charge in [0, 0.05) is 19.0 Å². The van der Waals surface area contributed by atoms with Gasteiger partial charge in [-0.15, -0.1) is 0 Å². The van der Waals surface area contributed by atoms with E-state index >= 15 is 0 Å². The highest BCUT2D eigenvalue weighted by Crippen LogP contribution is 2.20. The Balaban J connectivity index is 1.77. The molecule has 1 fully saturated rings. The maximum absolute atomic E-state index is 12.7. The molecule has 1 aliphatic heterocycles. The zero-order chi connectivity index (χ0) is 15.5. The molecule has 0 bridgehead atoms. The zero-order valence-electron chi connectivity index (χ0n) is 12.5. The molecule has 21 heavy (non-hydrogen) atoms. The second kappa shape index (κ2) is 6.24. The number of ether oxygens (including phenoxy) is 2. The quantitative estimate of drug-likeness (QED) is 0.856. The summed E-state index contributed by atoms with van der Waals surface area (Å²) in [4.78, 5) is 21.0. The summed E-state index contributed by atoms with van der Waals surface area (Å²) in [5.41, 5.74) is -0.492. The Morgan fingerprint density at radius 3 is 2.71 bits per heavy atom. The highest BCUT2D eigenvalue weighted by Gasteiger charge is 2.30. The molecule has 7 heteroatoms. The highest BCUT2D eigenvalue weighted by atomic mass is 19.1. The van der Waals surface area contributed by atoms with Crippen molar-refractivity contribution in [2.75, 3.05) is 19.7 Å². The topological polar surface area (TPSA) is 64.5 Å². The second-order valence-electron chi connectivity index (χ2n) is 6.08. The number of hydrogen-bond donors (Lipinski definition) is 0. The van der Waals surface area contributed by atoms with Crippen LogP contribution >= 0.6 is 0 Å². The van der Waals surface area contributed by atoms with Crippen LogP contribution in [0, 0.1) is 11.7 Å². The van der Waals surface area contributed by atoms with Crippen molar-refractivity contribution < 1.29 is 18.7 Å². The van der Waals surface area contributed by atoms with Gasteiger partial charge in [0.15, 0.2) is 5.82 Å². The van der Waals surface area contributed by atoms with E-state index < -0.39 is 11.4 Å². The third-order valence-electron chi connectivity index (χ3n) is 2.98. The highest BCUT2D eigenvalue weighted by molar-refractivity contribution is 5.68. The van der Waals surface area contributed by atoms with Gasteiger partial charge >= 0.3 is 12.1 Å². The van der Waals surface area contributed by atoms with Crippen LogP contribution in [0.2, 0.25) is 0 Å². The maximum atomic E-state index is 12.7. The summed E-state index contributed by atoms with van der Waals surface area (Å²) >= 11 is 0. The summed E-state index contributed by atoms with van der Waals surface area (Å²) in [5, 5.41) is 0. The van der Waals surface area contributed by atoms with Crippen molar-refractivity contribution in [2.24, 2.45) is 5.92 Å². The van der Waals surface area contributed by atoms with Gasteiger partial charge in [0.05, 0.1) is 19.0 Å². The second-order valence-corrected chi connectivity index (χ2v) is 6.08. The largest absolute Gasteiger partial charge is 0.463 e. The number of nitrogens with zero attached hydrogens (tertiary/aromatic N) is 3. The van der Waals surface area contributed by atoms with Crippen molar-refractivity contribution in [3.63, 3.8) is 0 Å². The van der Waals surface area contributed by atoms with Gasteiger partial charge in [-0.05, 0) is 27.2 Å². The SMILES string of the molecule is CC(C)(C)OC(=O)N1CC[C@@H](COc2ncc(F)cn2)C1. The molecule has 0 spiro atoms. The van der Waals surface area contributed by atoms with Gasteiger partial charge in [-0.25, -0.2) is 19.2 Å². The van der Waals surface area contributed by atoms with Gasteiger partial charge in [-0.2, -0.15) is 0 Å². The number of carbonyl (C=O) groups is 1. The number of carbonyl (C=O) groups excluding carboxylic acids is 1. The molecule has 1 amide bonds. The van der Waals surface area contributed by atoms with Crippen LogP contribution in [0.5, 0.6) is 6.01 Å². The van der Waals surface area contributed by atoms with Crippen molar-refractivity contribution in [3.8, 4) is 6.01 Å². The molecule has 1 atom stereocenters. The van der Waals surface area contributed by atoms with Crippen LogP contribution in [-0.2, 0) is 4.74 Å². The van der Waals surface area contributed by atoms with E-state index in [1.807, 2.05) is 20.8 Å². The van der Waals surface area contributed by atoms with Crippen molar-refractivity contribution in [2.45, 2.75) is 32.8 Å². The fourth-order valence-corrected chi connectivity index (χ4v) is 2.03. The first-order chi connectivity index (χ1) is 9.83. The van der Waals surface area contributed by atoms with Gasteiger partial charge in [0.1, 0.15) is 5.60 Å². The van der Waals surface area contributed by atoms with E-state index in [2.05, 4.69) is 9.97 Å². The molecule has 2 heterocycles. The first kappa shape index (κ1) is 15.5. The minimum absolute atomic E-state index is 0.145.